The van der Waals surface area contributed by atoms with Gasteiger partial charge in [0.15, 0.2) is 0 Å². The highest BCUT2D eigenvalue weighted by Gasteiger charge is 2.49. The maximum Gasteiger partial charge on any atom is 0.275 e. The van der Waals surface area contributed by atoms with Crippen molar-refractivity contribution in [3.63, 3.8) is 0 Å². The monoisotopic (exact) mass is 512 g/mol. The van der Waals surface area contributed by atoms with Gasteiger partial charge in [-0.15, -0.1) is 0 Å². The van der Waals surface area contributed by atoms with Crippen molar-refractivity contribution in [2.75, 3.05) is 52.3 Å². The standard InChI is InChI=1S/C23H32N2O7S2/c1-19-10-11-22(21(16-19)17-20-8-6-5-7-9-20)30-15-14-25-13-12-24(2)18-23(25,31-33(3,26)27)32-34(4,28)29/h5-11,16H,12-15,17-18H2,1-4H3. The van der Waals surface area contributed by atoms with Gasteiger partial charge in [-0.25, -0.2) is 13.3 Å². The van der Waals surface area contributed by atoms with Gasteiger partial charge in [-0.05, 0) is 31.2 Å². The summed E-state index contributed by atoms with van der Waals surface area (Å²) in [5, 5.41) is 0. The van der Waals surface area contributed by atoms with E-state index in [1.165, 1.54) is 0 Å². The molecule has 1 aliphatic heterocycles. The molecule has 34 heavy (non-hydrogen) atoms. The second kappa shape index (κ2) is 10.7. The fourth-order valence-corrected chi connectivity index (χ4v) is 5.35. The normalized spacial score (nSPS) is 17.5. The fraction of sp³-hybridized carbons (Fsp3) is 0.478. The molecule has 1 fully saturated rings. The van der Waals surface area contributed by atoms with E-state index in [0.717, 1.165) is 29.2 Å². The summed E-state index contributed by atoms with van der Waals surface area (Å²) in [6.45, 7) is 3.22. The van der Waals surface area contributed by atoms with Crippen molar-refractivity contribution >= 4 is 20.2 Å². The van der Waals surface area contributed by atoms with Crippen molar-refractivity contribution in [2.24, 2.45) is 0 Å². The predicted molar refractivity (Wildman–Crippen MR) is 130 cm³/mol. The zero-order valence-electron chi connectivity index (χ0n) is 19.9. The molecule has 2 aromatic rings. The minimum absolute atomic E-state index is 0.0725. The van der Waals surface area contributed by atoms with Gasteiger partial charge in [0.05, 0.1) is 19.1 Å². The van der Waals surface area contributed by atoms with E-state index in [9.17, 15) is 16.8 Å². The molecule has 0 bridgehead atoms. The van der Waals surface area contributed by atoms with Gasteiger partial charge in [-0.2, -0.15) is 16.8 Å². The van der Waals surface area contributed by atoms with Crippen LogP contribution in [0.4, 0.5) is 0 Å². The molecule has 0 aliphatic carbocycles. The van der Waals surface area contributed by atoms with Gasteiger partial charge in [0.2, 0.25) is 0 Å². The van der Waals surface area contributed by atoms with Crippen molar-refractivity contribution in [2.45, 2.75) is 19.3 Å². The molecule has 0 unspecified atom stereocenters. The molecule has 1 aliphatic rings. The summed E-state index contributed by atoms with van der Waals surface area (Å²) in [7, 11) is -6.33. The third kappa shape index (κ3) is 7.76. The number of aryl methyl sites for hydroxylation is 1. The lowest BCUT2D eigenvalue weighted by Gasteiger charge is -2.46. The van der Waals surface area contributed by atoms with Crippen LogP contribution >= 0.6 is 0 Å². The first kappa shape index (κ1) is 26.6. The van der Waals surface area contributed by atoms with Crippen LogP contribution in [0.25, 0.3) is 0 Å². The smallest absolute Gasteiger partial charge is 0.275 e. The summed E-state index contributed by atoms with van der Waals surface area (Å²) in [6, 6.07) is 16.0. The first-order valence-electron chi connectivity index (χ1n) is 10.9. The van der Waals surface area contributed by atoms with Crippen molar-refractivity contribution < 1.29 is 29.9 Å². The number of hydrogen-bond acceptors (Lipinski definition) is 9. The van der Waals surface area contributed by atoms with Crippen molar-refractivity contribution in [3.8, 4) is 5.75 Å². The Morgan fingerprint density at radius 2 is 1.59 bits per heavy atom. The molecule has 1 saturated heterocycles. The molecule has 188 valence electrons. The largest absolute Gasteiger partial charge is 0.492 e. The van der Waals surface area contributed by atoms with Crippen LogP contribution < -0.4 is 4.74 Å². The van der Waals surface area contributed by atoms with Crippen LogP contribution in [0, 0.1) is 6.92 Å². The zero-order valence-corrected chi connectivity index (χ0v) is 21.6. The SMILES string of the molecule is Cc1ccc(OCCN2CCN(C)CC2(OS(C)(=O)=O)OS(C)(=O)=O)c(Cc2ccccc2)c1. The van der Waals surface area contributed by atoms with Crippen LogP contribution in [0.15, 0.2) is 48.5 Å². The van der Waals surface area contributed by atoms with Gasteiger partial charge in [-0.3, -0.25) is 4.90 Å². The first-order chi connectivity index (χ1) is 15.9. The van der Waals surface area contributed by atoms with E-state index >= 15 is 0 Å². The number of benzene rings is 2. The maximum absolute atomic E-state index is 12.0. The van der Waals surface area contributed by atoms with Crippen LogP contribution in [0.5, 0.6) is 5.75 Å². The molecule has 0 saturated carbocycles. The van der Waals surface area contributed by atoms with Gasteiger partial charge in [-0.1, -0.05) is 48.0 Å². The Balaban J connectivity index is 1.79. The molecule has 0 spiro atoms. The summed E-state index contributed by atoms with van der Waals surface area (Å²) in [5.41, 5.74) is 3.29. The number of hydrogen-bond donors (Lipinski definition) is 0. The molecular weight excluding hydrogens is 480 g/mol. The highest BCUT2D eigenvalue weighted by molar-refractivity contribution is 7.86. The first-order valence-corrected chi connectivity index (χ1v) is 14.5. The Labute approximate surface area is 202 Å². The molecule has 11 heteroatoms. The van der Waals surface area contributed by atoms with Gasteiger partial charge in [0.1, 0.15) is 12.4 Å². The maximum atomic E-state index is 12.0. The lowest BCUT2D eigenvalue weighted by atomic mass is 10.0. The average molecular weight is 513 g/mol. The zero-order chi connectivity index (χ0) is 25.0. The Morgan fingerprint density at radius 3 is 2.21 bits per heavy atom. The summed E-state index contributed by atoms with van der Waals surface area (Å²) in [6.07, 6.45) is 2.43. The molecule has 0 radical (unpaired) electrons. The Hall–Kier alpha value is -2.02. The quantitative estimate of drug-likeness (QED) is 0.348. The second-order valence-electron chi connectivity index (χ2n) is 8.63. The number of likely N-dealkylation sites (N-methyl/N-ethyl adjacent to an activating group) is 1. The van der Waals surface area contributed by atoms with Gasteiger partial charge >= 0.3 is 0 Å². The lowest BCUT2D eigenvalue weighted by Crippen LogP contribution is -2.65. The van der Waals surface area contributed by atoms with E-state index in [1.807, 2.05) is 37.3 Å². The third-order valence-electron chi connectivity index (χ3n) is 5.34. The van der Waals surface area contributed by atoms with Crippen molar-refractivity contribution in [1.29, 1.82) is 0 Å². The van der Waals surface area contributed by atoms with Crippen molar-refractivity contribution in [3.05, 3.63) is 65.2 Å². The van der Waals surface area contributed by atoms with E-state index < -0.39 is 26.1 Å². The van der Waals surface area contributed by atoms with Crippen LogP contribution in [0.1, 0.15) is 16.7 Å². The van der Waals surface area contributed by atoms with Crippen LogP contribution in [0.3, 0.4) is 0 Å². The topological polar surface area (TPSA) is 102 Å². The van der Waals surface area contributed by atoms with E-state index in [2.05, 4.69) is 18.2 Å². The summed E-state index contributed by atoms with van der Waals surface area (Å²) < 4.78 is 64.6. The molecule has 0 N–H and O–H groups in total. The van der Waals surface area contributed by atoms with E-state index in [1.54, 1.807) is 16.8 Å². The van der Waals surface area contributed by atoms with Gasteiger partial charge in [0.25, 0.3) is 26.1 Å². The molecule has 1 heterocycles. The summed E-state index contributed by atoms with van der Waals surface area (Å²) in [4.78, 5) is 3.31. The fourth-order valence-electron chi connectivity index (χ4n) is 3.98. The highest BCUT2D eigenvalue weighted by atomic mass is 32.2. The van der Waals surface area contributed by atoms with E-state index in [-0.39, 0.29) is 19.7 Å². The Bertz CT molecular complexity index is 1150. The van der Waals surface area contributed by atoms with E-state index in [4.69, 9.17) is 13.1 Å². The molecular formula is C23H32N2O7S2. The third-order valence-corrected chi connectivity index (χ3v) is 6.46. The molecule has 9 nitrogen and oxygen atoms in total. The highest BCUT2D eigenvalue weighted by Crippen LogP contribution is 2.29. The number of ether oxygens (including phenoxy) is 1. The van der Waals surface area contributed by atoms with Gasteiger partial charge in [0, 0.05) is 26.1 Å². The van der Waals surface area contributed by atoms with E-state index in [0.29, 0.717) is 25.3 Å². The predicted octanol–water partition coefficient (Wildman–Crippen LogP) is 1.82. The average Bonchev–Trinajstić information content (AvgIpc) is 2.69. The molecule has 0 amide bonds. The minimum atomic E-state index is -4.03. The van der Waals surface area contributed by atoms with Crippen LogP contribution in [-0.2, 0) is 35.0 Å². The number of nitrogens with zero attached hydrogens (tertiary/aromatic N) is 2. The number of piperazine rings is 1. The van der Waals surface area contributed by atoms with Gasteiger partial charge < -0.3 is 4.74 Å². The summed E-state index contributed by atoms with van der Waals surface area (Å²) in [5.74, 6) is -1.29. The Kier molecular flexibility index (Phi) is 8.38. The lowest BCUT2D eigenvalue weighted by molar-refractivity contribution is -0.245. The molecule has 0 atom stereocenters. The molecule has 2 aromatic carbocycles. The summed E-state index contributed by atoms with van der Waals surface area (Å²) >= 11 is 0. The number of rotatable bonds is 10. The Morgan fingerprint density at radius 1 is 0.941 bits per heavy atom. The van der Waals surface area contributed by atoms with Crippen molar-refractivity contribution in [1.82, 2.24) is 9.80 Å². The van der Waals surface area contributed by atoms with Crippen LogP contribution in [0.2, 0.25) is 0 Å². The molecule has 3 rings (SSSR count). The minimum Gasteiger partial charge on any atom is -0.492 e. The second-order valence-corrected chi connectivity index (χ2v) is 11.8. The molecule has 0 aromatic heterocycles. The van der Waals surface area contributed by atoms with Crippen LogP contribution in [-0.4, -0.2) is 84.9 Å².